The topological polar surface area (TPSA) is 92.8 Å². The average Bonchev–Trinajstić information content (AvgIpc) is 2.98. The summed E-state index contributed by atoms with van der Waals surface area (Å²) in [6, 6.07) is 5.15. The lowest BCUT2D eigenvalue weighted by molar-refractivity contribution is 0.114. The summed E-state index contributed by atoms with van der Waals surface area (Å²) < 4.78 is 57.1. The van der Waals surface area contributed by atoms with Crippen LogP contribution in [0.3, 0.4) is 0 Å². The van der Waals surface area contributed by atoms with Crippen LogP contribution in [0, 0.1) is 0 Å². The third kappa shape index (κ3) is 3.85. The number of nitrogens with one attached hydrogen (secondary N) is 1. The molecule has 1 aliphatic rings. The van der Waals surface area contributed by atoms with Crippen molar-refractivity contribution < 1.29 is 21.6 Å². The minimum atomic E-state index is -3.67. The van der Waals surface area contributed by atoms with Crippen LogP contribution in [-0.4, -0.2) is 54.5 Å². The summed E-state index contributed by atoms with van der Waals surface area (Å²) in [5.41, 5.74) is 0. The van der Waals surface area contributed by atoms with Crippen molar-refractivity contribution >= 4 is 20.0 Å². The second kappa shape index (κ2) is 6.63. The maximum Gasteiger partial charge on any atom is 0.242 e. The quantitative estimate of drug-likeness (QED) is 0.803. The van der Waals surface area contributed by atoms with E-state index < -0.39 is 20.0 Å². The number of sulfonamides is 2. The molecule has 0 spiro atoms. The average molecular weight is 348 g/mol. The molecular formula is C13H20N2O5S2. The number of hydrogen-bond donors (Lipinski definition) is 1. The lowest BCUT2D eigenvalue weighted by Crippen LogP contribution is -2.31. The third-order valence-electron chi connectivity index (χ3n) is 3.44. The standard InChI is InChI=1S/C13H20N2O5S2/c1-15(2)22(18,19)13-7-5-12(6-8-13)21(16,17)14-10-11-4-3-9-20-11/h5-8,11,14H,3-4,9-10H2,1-2H3. The number of ether oxygens (including phenoxy) is 1. The van der Waals surface area contributed by atoms with E-state index in [1.54, 1.807) is 0 Å². The van der Waals surface area contributed by atoms with Crippen molar-refractivity contribution in [2.24, 2.45) is 0 Å². The van der Waals surface area contributed by atoms with Gasteiger partial charge in [-0.15, -0.1) is 0 Å². The van der Waals surface area contributed by atoms with Crippen LogP contribution < -0.4 is 4.72 Å². The van der Waals surface area contributed by atoms with Gasteiger partial charge >= 0.3 is 0 Å². The van der Waals surface area contributed by atoms with E-state index in [0.29, 0.717) is 6.61 Å². The van der Waals surface area contributed by atoms with E-state index in [0.717, 1.165) is 17.1 Å². The minimum absolute atomic E-state index is 0.0307. The molecule has 0 aliphatic carbocycles. The molecule has 1 heterocycles. The molecule has 22 heavy (non-hydrogen) atoms. The van der Waals surface area contributed by atoms with Crippen molar-refractivity contribution in [3.8, 4) is 0 Å². The Balaban J connectivity index is 2.11. The third-order valence-corrected chi connectivity index (χ3v) is 6.71. The highest BCUT2D eigenvalue weighted by Crippen LogP contribution is 2.17. The summed E-state index contributed by atoms with van der Waals surface area (Å²) in [7, 11) is -4.40. The molecule has 2 rings (SSSR count). The first-order valence-electron chi connectivity index (χ1n) is 6.87. The second-order valence-corrected chi connectivity index (χ2v) is 9.16. The van der Waals surface area contributed by atoms with Crippen LogP contribution in [0.2, 0.25) is 0 Å². The maximum absolute atomic E-state index is 12.2. The van der Waals surface area contributed by atoms with Crippen LogP contribution >= 0.6 is 0 Å². The van der Waals surface area contributed by atoms with Crippen molar-refractivity contribution in [3.63, 3.8) is 0 Å². The van der Waals surface area contributed by atoms with Crippen LogP contribution in [0.25, 0.3) is 0 Å². The minimum Gasteiger partial charge on any atom is -0.377 e. The Labute approximate surface area is 131 Å². The highest BCUT2D eigenvalue weighted by Gasteiger charge is 2.22. The molecule has 1 unspecified atom stereocenters. The van der Waals surface area contributed by atoms with Crippen LogP contribution in [0.4, 0.5) is 0 Å². The van der Waals surface area contributed by atoms with E-state index in [2.05, 4.69) is 4.72 Å². The van der Waals surface area contributed by atoms with Gasteiger partial charge in [-0.2, -0.15) is 0 Å². The maximum atomic E-state index is 12.2. The van der Waals surface area contributed by atoms with Crippen molar-refractivity contribution in [2.75, 3.05) is 27.2 Å². The van der Waals surface area contributed by atoms with E-state index in [1.807, 2.05) is 0 Å². The zero-order valence-corrected chi connectivity index (χ0v) is 14.2. The Hall–Kier alpha value is -1.00. The van der Waals surface area contributed by atoms with Crippen LogP contribution in [0.5, 0.6) is 0 Å². The summed E-state index contributed by atoms with van der Waals surface area (Å²) in [6.07, 6.45) is 1.68. The molecule has 1 atom stereocenters. The molecule has 1 N–H and O–H groups in total. The molecule has 1 aromatic carbocycles. The summed E-state index contributed by atoms with van der Waals surface area (Å²) in [6.45, 7) is 0.879. The number of benzene rings is 1. The Bertz CT molecular complexity index is 705. The van der Waals surface area contributed by atoms with E-state index in [-0.39, 0.29) is 22.4 Å². The summed E-state index contributed by atoms with van der Waals surface area (Å²) in [5, 5.41) is 0. The zero-order chi connectivity index (χ0) is 16.4. The van der Waals surface area contributed by atoms with Gasteiger partial charge in [0.05, 0.1) is 15.9 Å². The van der Waals surface area contributed by atoms with Crippen LogP contribution in [0.15, 0.2) is 34.1 Å². The van der Waals surface area contributed by atoms with Gasteiger partial charge in [0, 0.05) is 27.2 Å². The second-order valence-electron chi connectivity index (χ2n) is 5.25. The SMILES string of the molecule is CN(C)S(=O)(=O)c1ccc(S(=O)(=O)NCC2CCCO2)cc1. The molecule has 0 saturated carbocycles. The molecule has 1 fully saturated rings. The van der Waals surface area contributed by atoms with Gasteiger partial charge in [0.25, 0.3) is 0 Å². The van der Waals surface area contributed by atoms with Gasteiger partial charge in [-0.1, -0.05) is 0 Å². The summed E-state index contributed by atoms with van der Waals surface area (Å²) in [5.74, 6) is 0. The lowest BCUT2D eigenvalue weighted by Gasteiger charge is -2.13. The zero-order valence-electron chi connectivity index (χ0n) is 12.5. The van der Waals surface area contributed by atoms with Crippen molar-refractivity contribution in [2.45, 2.75) is 28.7 Å². The van der Waals surface area contributed by atoms with Gasteiger partial charge < -0.3 is 4.74 Å². The first-order chi connectivity index (χ1) is 10.2. The Kier molecular flexibility index (Phi) is 5.23. The van der Waals surface area contributed by atoms with Gasteiger partial charge in [-0.05, 0) is 37.1 Å². The summed E-state index contributed by atoms with van der Waals surface area (Å²) in [4.78, 5) is 0.0822. The van der Waals surface area contributed by atoms with E-state index in [9.17, 15) is 16.8 Å². The fourth-order valence-electron chi connectivity index (χ4n) is 2.09. The number of nitrogens with zero attached hydrogens (tertiary/aromatic N) is 1. The van der Waals surface area contributed by atoms with Crippen LogP contribution in [0.1, 0.15) is 12.8 Å². The smallest absolute Gasteiger partial charge is 0.242 e. The molecular weight excluding hydrogens is 328 g/mol. The molecule has 0 radical (unpaired) electrons. The predicted octanol–water partition coefficient (Wildman–Crippen LogP) is 0.394. The molecule has 0 aromatic heterocycles. The predicted molar refractivity (Wildman–Crippen MR) is 81.5 cm³/mol. The molecule has 1 aromatic rings. The van der Waals surface area contributed by atoms with Gasteiger partial charge in [-0.25, -0.2) is 25.9 Å². The first-order valence-corrected chi connectivity index (χ1v) is 9.80. The van der Waals surface area contributed by atoms with Gasteiger partial charge in [0.2, 0.25) is 20.0 Å². The van der Waals surface area contributed by atoms with Gasteiger partial charge in [0.1, 0.15) is 0 Å². The highest BCUT2D eigenvalue weighted by molar-refractivity contribution is 7.89. The molecule has 7 nitrogen and oxygen atoms in total. The van der Waals surface area contributed by atoms with E-state index in [4.69, 9.17) is 4.74 Å². The molecule has 1 aliphatic heterocycles. The summed E-state index contributed by atoms with van der Waals surface area (Å²) >= 11 is 0. The van der Waals surface area contributed by atoms with E-state index >= 15 is 0 Å². The molecule has 0 amide bonds. The van der Waals surface area contributed by atoms with Gasteiger partial charge in [0.15, 0.2) is 0 Å². The van der Waals surface area contributed by atoms with Crippen LogP contribution in [-0.2, 0) is 24.8 Å². The van der Waals surface area contributed by atoms with Crippen molar-refractivity contribution in [3.05, 3.63) is 24.3 Å². The highest BCUT2D eigenvalue weighted by atomic mass is 32.2. The van der Waals surface area contributed by atoms with Crippen molar-refractivity contribution in [1.29, 1.82) is 0 Å². The van der Waals surface area contributed by atoms with Crippen molar-refractivity contribution in [1.82, 2.24) is 9.03 Å². The molecule has 124 valence electrons. The fourth-order valence-corrected chi connectivity index (χ4v) is 4.06. The Morgan fingerprint density at radius 3 is 2.23 bits per heavy atom. The van der Waals surface area contributed by atoms with Gasteiger partial charge in [-0.3, -0.25) is 0 Å². The largest absolute Gasteiger partial charge is 0.377 e. The normalized spacial score (nSPS) is 19.7. The first kappa shape index (κ1) is 17.4. The molecule has 0 bridgehead atoms. The molecule has 1 saturated heterocycles. The monoisotopic (exact) mass is 348 g/mol. The number of hydrogen-bond acceptors (Lipinski definition) is 5. The molecule has 9 heteroatoms. The Morgan fingerprint density at radius 1 is 1.14 bits per heavy atom. The van der Waals surface area contributed by atoms with E-state index in [1.165, 1.54) is 38.4 Å². The lowest BCUT2D eigenvalue weighted by atomic mass is 10.2. The fraction of sp³-hybridized carbons (Fsp3) is 0.538. The number of rotatable bonds is 6. The Morgan fingerprint density at radius 2 is 1.73 bits per heavy atom.